The monoisotopic (exact) mass is 461 g/mol. The lowest BCUT2D eigenvalue weighted by molar-refractivity contribution is 0.0528. The number of hydrogen-bond acceptors (Lipinski definition) is 6. The molecule has 174 valence electrons. The van der Waals surface area contributed by atoms with Crippen molar-refractivity contribution in [3.05, 3.63) is 89.6 Å². The lowest BCUT2D eigenvalue weighted by Gasteiger charge is -2.32. The number of carbonyl (C=O) groups excluding carboxylic acids is 1. The predicted molar refractivity (Wildman–Crippen MR) is 122 cm³/mol. The number of rotatable bonds is 6. The van der Waals surface area contributed by atoms with Crippen LogP contribution in [0.1, 0.15) is 53.1 Å². The number of oxazole rings is 1. The van der Waals surface area contributed by atoms with Crippen molar-refractivity contribution in [1.29, 1.82) is 0 Å². The standard InChI is InChI=1S/C26H24FN3O4/c1-32-20-11-7-18(8-12-20)22-15-24(34-29-22)26(31)30-13-3-2-4-23(30)25-28-16-21(33-25)14-17-5-9-19(27)10-6-17/h5-12,15-16,23H,2-4,13-14H2,1H3/t23-/m1/s1. The fourth-order valence-electron chi connectivity index (χ4n) is 4.21. The predicted octanol–water partition coefficient (Wildman–Crippen LogP) is 5.44. The first-order valence-electron chi connectivity index (χ1n) is 11.2. The summed E-state index contributed by atoms with van der Waals surface area (Å²) < 4.78 is 29.8. The van der Waals surface area contributed by atoms with E-state index in [1.165, 1.54) is 12.1 Å². The maximum atomic E-state index is 13.3. The van der Waals surface area contributed by atoms with E-state index >= 15 is 0 Å². The van der Waals surface area contributed by atoms with Gasteiger partial charge in [0.05, 0.1) is 13.3 Å². The quantitative estimate of drug-likeness (QED) is 0.381. The molecule has 0 aliphatic carbocycles. The fraction of sp³-hybridized carbons (Fsp3) is 0.269. The molecule has 7 nitrogen and oxygen atoms in total. The van der Waals surface area contributed by atoms with Crippen LogP contribution in [-0.2, 0) is 6.42 Å². The van der Waals surface area contributed by atoms with Gasteiger partial charge in [-0.25, -0.2) is 9.37 Å². The Morgan fingerprint density at radius 1 is 1.15 bits per heavy atom. The van der Waals surface area contributed by atoms with Gasteiger partial charge >= 0.3 is 0 Å². The minimum atomic E-state index is -0.280. The highest BCUT2D eigenvalue weighted by Crippen LogP contribution is 2.33. The van der Waals surface area contributed by atoms with Gasteiger partial charge < -0.3 is 18.6 Å². The number of halogens is 1. The normalized spacial score (nSPS) is 15.9. The van der Waals surface area contributed by atoms with Crippen LogP contribution in [0.25, 0.3) is 11.3 Å². The van der Waals surface area contributed by atoms with Gasteiger partial charge in [-0.15, -0.1) is 0 Å². The molecular weight excluding hydrogens is 437 g/mol. The van der Waals surface area contributed by atoms with Crippen molar-refractivity contribution in [2.24, 2.45) is 0 Å². The van der Waals surface area contributed by atoms with E-state index in [0.717, 1.165) is 36.1 Å². The zero-order valence-corrected chi connectivity index (χ0v) is 18.7. The Kier molecular flexibility index (Phi) is 6.12. The summed E-state index contributed by atoms with van der Waals surface area (Å²) in [6.07, 6.45) is 4.79. The molecule has 4 aromatic rings. The van der Waals surface area contributed by atoms with Crippen LogP contribution >= 0.6 is 0 Å². The van der Waals surface area contributed by atoms with Crippen molar-refractivity contribution < 1.29 is 22.9 Å². The topological polar surface area (TPSA) is 81.6 Å². The summed E-state index contributed by atoms with van der Waals surface area (Å²) in [6.45, 7) is 0.581. The zero-order chi connectivity index (χ0) is 23.5. The average Bonchev–Trinajstić information content (AvgIpc) is 3.55. The molecule has 1 saturated heterocycles. The molecule has 2 aromatic heterocycles. The molecule has 2 aromatic carbocycles. The molecule has 0 bridgehead atoms. The summed E-state index contributed by atoms with van der Waals surface area (Å²) in [5.41, 5.74) is 2.34. The number of carbonyl (C=O) groups is 1. The fourth-order valence-corrected chi connectivity index (χ4v) is 4.21. The third-order valence-electron chi connectivity index (χ3n) is 6.02. The molecule has 1 fully saturated rings. The van der Waals surface area contributed by atoms with Gasteiger partial charge in [0.2, 0.25) is 11.7 Å². The molecular formula is C26H24FN3O4. The molecule has 5 rings (SSSR count). The summed E-state index contributed by atoms with van der Waals surface area (Å²) in [4.78, 5) is 19.5. The molecule has 0 N–H and O–H groups in total. The van der Waals surface area contributed by atoms with E-state index in [1.54, 1.807) is 36.4 Å². The van der Waals surface area contributed by atoms with Crippen LogP contribution in [0.4, 0.5) is 4.39 Å². The van der Waals surface area contributed by atoms with Crippen LogP contribution in [0.5, 0.6) is 5.75 Å². The van der Waals surface area contributed by atoms with Gasteiger partial charge in [0, 0.05) is 24.6 Å². The van der Waals surface area contributed by atoms with E-state index in [4.69, 9.17) is 13.7 Å². The average molecular weight is 461 g/mol. The van der Waals surface area contributed by atoms with Gasteiger partial charge in [0.1, 0.15) is 29.1 Å². The molecule has 0 unspecified atom stereocenters. The van der Waals surface area contributed by atoms with Crippen molar-refractivity contribution in [2.75, 3.05) is 13.7 Å². The Balaban J connectivity index is 1.33. The molecule has 0 radical (unpaired) electrons. The number of likely N-dealkylation sites (tertiary alicyclic amines) is 1. The molecule has 34 heavy (non-hydrogen) atoms. The molecule has 3 heterocycles. The third-order valence-corrected chi connectivity index (χ3v) is 6.02. The highest BCUT2D eigenvalue weighted by Gasteiger charge is 2.33. The maximum absolute atomic E-state index is 13.3. The number of ether oxygens (including phenoxy) is 1. The minimum Gasteiger partial charge on any atom is -0.497 e. The van der Waals surface area contributed by atoms with Gasteiger partial charge in [-0.2, -0.15) is 0 Å². The number of hydrogen-bond donors (Lipinski definition) is 0. The zero-order valence-electron chi connectivity index (χ0n) is 18.7. The molecule has 8 heteroatoms. The van der Waals surface area contributed by atoms with E-state index in [0.29, 0.717) is 30.3 Å². The molecule has 1 atom stereocenters. The van der Waals surface area contributed by atoms with E-state index < -0.39 is 0 Å². The van der Waals surface area contributed by atoms with Gasteiger partial charge in [0.25, 0.3) is 5.91 Å². The SMILES string of the molecule is COc1ccc(-c2cc(C(=O)N3CCCC[C@@H]3c3ncc(Cc4ccc(F)cc4)o3)on2)cc1. The second kappa shape index (κ2) is 9.51. The van der Waals surface area contributed by atoms with Gasteiger partial charge in [0.15, 0.2) is 0 Å². The summed E-state index contributed by atoms with van der Waals surface area (Å²) >= 11 is 0. The summed E-state index contributed by atoms with van der Waals surface area (Å²) in [5.74, 6) is 1.57. The lowest BCUT2D eigenvalue weighted by atomic mass is 10.0. The van der Waals surface area contributed by atoms with E-state index in [9.17, 15) is 9.18 Å². The number of amides is 1. The third kappa shape index (κ3) is 4.57. The molecule has 0 saturated carbocycles. The number of aromatic nitrogens is 2. The van der Waals surface area contributed by atoms with Crippen LogP contribution < -0.4 is 4.74 Å². The molecule has 1 aliphatic rings. The summed E-state index contributed by atoms with van der Waals surface area (Å²) in [6, 6.07) is 15.1. The van der Waals surface area contributed by atoms with E-state index in [2.05, 4.69) is 10.1 Å². The van der Waals surface area contributed by atoms with Crippen LogP contribution in [0.3, 0.4) is 0 Å². The van der Waals surface area contributed by atoms with Crippen molar-refractivity contribution >= 4 is 5.91 Å². The van der Waals surface area contributed by atoms with Crippen molar-refractivity contribution in [1.82, 2.24) is 15.0 Å². The van der Waals surface area contributed by atoms with Crippen molar-refractivity contribution in [3.63, 3.8) is 0 Å². The first-order valence-corrected chi connectivity index (χ1v) is 11.2. The van der Waals surface area contributed by atoms with Gasteiger partial charge in [-0.3, -0.25) is 4.79 Å². The Morgan fingerprint density at radius 2 is 1.94 bits per heavy atom. The molecule has 0 spiro atoms. The second-order valence-electron chi connectivity index (χ2n) is 8.28. The first-order chi connectivity index (χ1) is 16.6. The Labute approximate surface area is 196 Å². The van der Waals surface area contributed by atoms with Crippen LogP contribution in [0.2, 0.25) is 0 Å². The van der Waals surface area contributed by atoms with Crippen LogP contribution in [0.15, 0.2) is 69.7 Å². The van der Waals surface area contributed by atoms with Crippen LogP contribution in [0, 0.1) is 5.82 Å². The van der Waals surface area contributed by atoms with E-state index in [1.807, 2.05) is 24.3 Å². The highest BCUT2D eigenvalue weighted by atomic mass is 19.1. The Hall–Kier alpha value is -3.94. The van der Waals surface area contributed by atoms with E-state index in [-0.39, 0.29) is 23.5 Å². The Morgan fingerprint density at radius 3 is 2.71 bits per heavy atom. The van der Waals surface area contributed by atoms with Crippen LogP contribution in [-0.4, -0.2) is 34.6 Å². The number of methoxy groups -OCH3 is 1. The number of nitrogens with zero attached hydrogens (tertiary/aromatic N) is 3. The Bertz CT molecular complexity index is 1260. The lowest BCUT2D eigenvalue weighted by Crippen LogP contribution is -2.38. The number of benzene rings is 2. The molecule has 1 amide bonds. The van der Waals surface area contributed by atoms with Gasteiger partial charge in [-0.05, 0) is 61.2 Å². The van der Waals surface area contributed by atoms with Crippen molar-refractivity contribution in [3.8, 4) is 17.0 Å². The summed E-state index contributed by atoms with van der Waals surface area (Å²) in [7, 11) is 1.61. The highest BCUT2D eigenvalue weighted by molar-refractivity contribution is 5.92. The smallest absolute Gasteiger partial charge is 0.293 e. The van der Waals surface area contributed by atoms with Gasteiger partial charge in [-0.1, -0.05) is 17.3 Å². The first kappa shape index (κ1) is 21.9. The largest absolute Gasteiger partial charge is 0.497 e. The number of piperidine rings is 1. The molecule has 1 aliphatic heterocycles. The second-order valence-corrected chi connectivity index (χ2v) is 8.28. The summed E-state index contributed by atoms with van der Waals surface area (Å²) in [5, 5.41) is 4.08. The maximum Gasteiger partial charge on any atom is 0.293 e. The minimum absolute atomic E-state index is 0.177. The van der Waals surface area contributed by atoms with Crippen molar-refractivity contribution in [2.45, 2.75) is 31.7 Å².